The molecule has 0 spiro atoms. The van der Waals surface area contributed by atoms with Crippen LogP contribution in [0.3, 0.4) is 0 Å². The van der Waals surface area contributed by atoms with Crippen LogP contribution in [0, 0.1) is 4.64 Å². The highest BCUT2D eigenvalue weighted by Gasteiger charge is 2.14. The van der Waals surface area contributed by atoms with Crippen LogP contribution in [0.4, 0.5) is 0 Å². The van der Waals surface area contributed by atoms with Gasteiger partial charge in [0.2, 0.25) is 0 Å². The zero-order valence-electron chi connectivity index (χ0n) is 10.2. The van der Waals surface area contributed by atoms with Crippen LogP contribution in [0.5, 0.6) is 0 Å². The Kier molecular flexibility index (Phi) is 3.74. The second-order valence-corrected chi connectivity index (χ2v) is 5.14. The van der Waals surface area contributed by atoms with E-state index in [0.29, 0.717) is 5.92 Å². The molecule has 1 aromatic heterocycles. The third kappa shape index (κ3) is 2.34. The Labute approximate surface area is 103 Å². The number of fused-ring (bicyclic) bond motifs is 1. The van der Waals surface area contributed by atoms with E-state index in [1.807, 2.05) is 0 Å². The zero-order chi connectivity index (χ0) is 11.5. The lowest BCUT2D eigenvalue weighted by Gasteiger charge is -2.13. The number of aromatic amines is 1. The minimum absolute atomic E-state index is 0.482. The SMILES string of the molecule is CCC(C)c1nc(=S)c2c([nH]1)CCCCC2. The maximum absolute atomic E-state index is 5.42. The van der Waals surface area contributed by atoms with E-state index < -0.39 is 0 Å². The van der Waals surface area contributed by atoms with Gasteiger partial charge in [-0.1, -0.05) is 32.5 Å². The van der Waals surface area contributed by atoms with Crippen molar-refractivity contribution in [3.05, 3.63) is 21.7 Å². The highest BCUT2D eigenvalue weighted by atomic mass is 32.1. The van der Waals surface area contributed by atoms with Crippen molar-refractivity contribution in [2.45, 2.75) is 58.3 Å². The molecule has 2 nitrogen and oxygen atoms in total. The molecule has 1 heterocycles. The number of aromatic nitrogens is 2. The van der Waals surface area contributed by atoms with Gasteiger partial charge in [0.25, 0.3) is 0 Å². The molecule has 1 aromatic rings. The first kappa shape index (κ1) is 11.8. The second-order valence-electron chi connectivity index (χ2n) is 4.75. The quantitative estimate of drug-likeness (QED) is 0.623. The zero-order valence-corrected chi connectivity index (χ0v) is 11.0. The minimum atomic E-state index is 0.482. The Hall–Kier alpha value is -0.700. The molecule has 0 fully saturated rings. The molecule has 16 heavy (non-hydrogen) atoms. The molecule has 0 saturated carbocycles. The van der Waals surface area contributed by atoms with Crippen LogP contribution in [0.25, 0.3) is 0 Å². The lowest BCUT2D eigenvalue weighted by atomic mass is 10.1. The maximum Gasteiger partial charge on any atom is 0.133 e. The number of rotatable bonds is 2. The molecule has 1 aliphatic rings. The number of hydrogen-bond acceptors (Lipinski definition) is 2. The van der Waals surface area contributed by atoms with Gasteiger partial charge in [0.05, 0.1) is 0 Å². The number of nitrogens with zero attached hydrogens (tertiary/aromatic N) is 1. The van der Waals surface area contributed by atoms with Crippen LogP contribution in [-0.4, -0.2) is 9.97 Å². The van der Waals surface area contributed by atoms with Crippen molar-refractivity contribution in [3.8, 4) is 0 Å². The van der Waals surface area contributed by atoms with Crippen LogP contribution in [0.1, 0.15) is 62.5 Å². The summed E-state index contributed by atoms with van der Waals surface area (Å²) in [6.07, 6.45) is 7.22. The van der Waals surface area contributed by atoms with E-state index in [-0.39, 0.29) is 0 Å². The molecular weight excluding hydrogens is 216 g/mol. The van der Waals surface area contributed by atoms with E-state index in [4.69, 9.17) is 12.2 Å². The van der Waals surface area contributed by atoms with Crippen molar-refractivity contribution in [3.63, 3.8) is 0 Å². The first-order chi connectivity index (χ1) is 7.72. The predicted molar refractivity (Wildman–Crippen MR) is 69.4 cm³/mol. The van der Waals surface area contributed by atoms with E-state index in [0.717, 1.165) is 29.7 Å². The smallest absolute Gasteiger partial charge is 0.133 e. The summed E-state index contributed by atoms with van der Waals surface area (Å²) in [5.74, 6) is 1.56. The fourth-order valence-corrected chi connectivity index (χ4v) is 2.57. The molecule has 0 bridgehead atoms. The van der Waals surface area contributed by atoms with Gasteiger partial charge in [-0.05, 0) is 32.1 Å². The van der Waals surface area contributed by atoms with Gasteiger partial charge in [0.1, 0.15) is 10.5 Å². The van der Waals surface area contributed by atoms with E-state index in [2.05, 4.69) is 23.8 Å². The Morgan fingerprint density at radius 2 is 2.06 bits per heavy atom. The molecule has 1 aliphatic carbocycles. The first-order valence-electron chi connectivity index (χ1n) is 6.34. The summed E-state index contributed by atoms with van der Waals surface area (Å²) >= 11 is 5.42. The van der Waals surface area contributed by atoms with Gasteiger partial charge in [-0.15, -0.1) is 0 Å². The van der Waals surface area contributed by atoms with Crippen LogP contribution in [0.2, 0.25) is 0 Å². The van der Waals surface area contributed by atoms with Gasteiger partial charge in [0.15, 0.2) is 0 Å². The third-order valence-corrected chi connectivity index (χ3v) is 3.89. The molecule has 88 valence electrons. The topological polar surface area (TPSA) is 28.7 Å². The molecular formula is C13H20N2S. The van der Waals surface area contributed by atoms with Gasteiger partial charge < -0.3 is 4.98 Å². The molecule has 1 unspecified atom stereocenters. The van der Waals surface area contributed by atoms with E-state index in [1.165, 1.54) is 30.5 Å². The molecule has 0 aromatic carbocycles. The van der Waals surface area contributed by atoms with Crippen molar-refractivity contribution >= 4 is 12.2 Å². The number of hydrogen-bond donors (Lipinski definition) is 1. The van der Waals surface area contributed by atoms with Crippen molar-refractivity contribution in [2.75, 3.05) is 0 Å². The molecule has 0 saturated heterocycles. The first-order valence-corrected chi connectivity index (χ1v) is 6.75. The lowest BCUT2D eigenvalue weighted by Crippen LogP contribution is -2.07. The molecule has 2 rings (SSSR count). The summed E-state index contributed by atoms with van der Waals surface area (Å²) in [6, 6.07) is 0. The summed E-state index contributed by atoms with van der Waals surface area (Å²) < 4.78 is 0.839. The van der Waals surface area contributed by atoms with E-state index in [9.17, 15) is 0 Å². The lowest BCUT2D eigenvalue weighted by molar-refractivity contribution is 0.663. The molecule has 1 atom stereocenters. The molecule has 1 N–H and O–H groups in total. The maximum atomic E-state index is 5.42. The molecule has 3 heteroatoms. The van der Waals surface area contributed by atoms with Gasteiger partial charge in [-0.2, -0.15) is 0 Å². The van der Waals surface area contributed by atoms with Crippen molar-refractivity contribution in [1.29, 1.82) is 0 Å². The summed E-state index contributed by atoms with van der Waals surface area (Å²) in [5, 5.41) is 0. The normalized spacial score (nSPS) is 17.6. The molecule has 0 amide bonds. The number of aryl methyl sites for hydroxylation is 1. The van der Waals surface area contributed by atoms with Crippen LogP contribution in [-0.2, 0) is 12.8 Å². The van der Waals surface area contributed by atoms with Crippen molar-refractivity contribution in [2.24, 2.45) is 0 Å². The van der Waals surface area contributed by atoms with E-state index in [1.54, 1.807) is 0 Å². The fourth-order valence-electron chi connectivity index (χ4n) is 2.24. The van der Waals surface area contributed by atoms with Crippen LogP contribution < -0.4 is 0 Å². The summed E-state index contributed by atoms with van der Waals surface area (Å²) in [5.41, 5.74) is 2.66. The second kappa shape index (κ2) is 5.09. The largest absolute Gasteiger partial charge is 0.347 e. The Morgan fingerprint density at radius 3 is 2.81 bits per heavy atom. The Bertz CT molecular complexity index is 422. The summed E-state index contributed by atoms with van der Waals surface area (Å²) in [7, 11) is 0. The van der Waals surface area contributed by atoms with E-state index >= 15 is 0 Å². The predicted octanol–water partition coefficient (Wildman–Crippen LogP) is 3.92. The number of nitrogens with one attached hydrogen (secondary N) is 1. The van der Waals surface area contributed by atoms with Crippen molar-refractivity contribution < 1.29 is 0 Å². The van der Waals surface area contributed by atoms with Gasteiger partial charge in [-0.25, -0.2) is 4.98 Å². The molecule has 0 aliphatic heterocycles. The van der Waals surface area contributed by atoms with Crippen LogP contribution in [0.15, 0.2) is 0 Å². The highest BCUT2D eigenvalue weighted by Crippen LogP contribution is 2.22. The Balaban J connectivity index is 2.43. The molecule has 0 radical (unpaired) electrons. The minimum Gasteiger partial charge on any atom is -0.347 e. The average molecular weight is 236 g/mol. The highest BCUT2D eigenvalue weighted by molar-refractivity contribution is 7.71. The summed E-state index contributed by atoms with van der Waals surface area (Å²) in [4.78, 5) is 8.08. The third-order valence-electron chi connectivity index (χ3n) is 3.56. The van der Waals surface area contributed by atoms with Gasteiger partial charge in [0, 0.05) is 17.2 Å². The summed E-state index contributed by atoms with van der Waals surface area (Å²) in [6.45, 7) is 4.39. The average Bonchev–Trinajstić information content (AvgIpc) is 2.53. The number of H-pyrrole nitrogens is 1. The standard InChI is InChI=1S/C13H20N2S/c1-3-9(2)12-14-11-8-6-4-5-7-10(11)13(16)15-12/h9H,3-8H2,1-2H3,(H,14,15,16). The monoisotopic (exact) mass is 236 g/mol. The van der Waals surface area contributed by atoms with Crippen molar-refractivity contribution in [1.82, 2.24) is 9.97 Å². The fraction of sp³-hybridized carbons (Fsp3) is 0.692. The van der Waals surface area contributed by atoms with Gasteiger partial charge in [-0.3, -0.25) is 0 Å². The Morgan fingerprint density at radius 1 is 1.31 bits per heavy atom. The van der Waals surface area contributed by atoms with Crippen LogP contribution >= 0.6 is 12.2 Å². The van der Waals surface area contributed by atoms with Gasteiger partial charge >= 0.3 is 0 Å².